The smallest absolute Gasteiger partial charge is 0.309 e. The number of esters is 1. The molecule has 0 bridgehead atoms. The number of carbonyl (C=O) groups is 1. The van der Waals surface area contributed by atoms with E-state index in [0.717, 1.165) is 11.1 Å². The Morgan fingerprint density at radius 1 is 1.05 bits per heavy atom. The molecule has 0 spiro atoms. The first-order chi connectivity index (χ1) is 10.8. The molecule has 0 heterocycles. The van der Waals surface area contributed by atoms with Crippen molar-refractivity contribution in [1.29, 1.82) is 0 Å². The third kappa shape index (κ3) is 4.96. The first-order valence-electron chi connectivity index (χ1n) is 7.05. The monoisotopic (exact) mass is 295 g/mol. The number of hydrogen-bond donors (Lipinski definition) is 0. The van der Waals surface area contributed by atoms with Crippen LogP contribution in [-0.4, -0.2) is 12.5 Å². The van der Waals surface area contributed by atoms with E-state index in [4.69, 9.17) is 10.3 Å². The van der Waals surface area contributed by atoms with E-state index >= 15 is 0 Å². The molecule has 2 aromatic carbocycles. The number of rotatable bonds is 7. The normalized spacial score (nSPS) is 11.3. The molecule has 1 atom stereocenters. The lowest BCUT2D eigenvalue weighted by molar-refractivity contribution is -0.149. The molecule has 5 heteroatoms. The number of hydrogen-bond acceptors (Lipinski definition) is 3. The van der Waals surface area contributed by atoms with Gasteiger partial charge in [-0.3, -0.25) is 4.79 Å². The van der Waals surface area contributed by atoms with E-state index in [1.807, 2.05) is 60.7 Å². The van der Waals surface area contributed by atoms with E-state index in [1.54, 1.807) is 0 Å². The van der Waals surface area contributed by atoms with Crippen LogP contribution in [0.1, 0.15) is 11.1 Å². The Morgan fingerprint density at radius 2 is 1.64 bits per heavy atom. The molecule has 0 aliphatic rings. The van der Waals surface area contributed by atoms with E-state index in [-0.39, 0.29) is 19.1 Å². The molecule has 0 N–H and O–H groups in total. The molecule has 0 amide bonds. The highest BCUT2D eigenvalue weighted by atomic mass is 16.5. The molecule has 22 heavy (non-hydrogen) atoms. The number of benzene rings is 2. The molecule has 0 aliphatic carbocycles. The average Bonchev–Trinajstić information content (AvgIpc) is 2.58. The van der Waals surface area contributed by atoms with Gasteiger partial charge in [-0.05, 0) is 23.1 Å². The van der Waals surface area contributed by atoms with Crippen molar-refractivity contribution in [1.82, 2.24) is 0 Å². The lowest BCUT2D eigenvalue weighted by Crippen LogP contribution is -2.22. The van der Waals surface area contributed by atoms with Gasteiger partial charge in [0.25, 0.3) is 0 Å². The van der Waals surface area contributed by atoms with Crippen LogP contribution in [0.4, 0.5) is 0 Å². The molecule has 2 aromatic rings. The van der Waals surface area contributed by atoms with Crippen LogP contribution in [0.3, 0.4) is 0 Å². The Hall–Kier alpha value is -2.78. The van der Waals surface area contributed by atoms with Gasteiger partial charge in [-0.2, -0.15) is 0 Å². The Balaban J connectivity index is 1.98. The number of carbonyl (C=O) groups excluding carboxylic acids is 1. The molecular weight excluding hydrogens is 278 g/mol. The quantitative estimate of drug-likeness (QED) is 0.336. The summed E-state index contributed by atoms with van der Waals surface area (Å²) in [6.45, 7) is 0.320. The summed E-state index contributed by atoms with van der Waals surface area (Å²) in [5.41, 5.74) is 10.4. The topological polar surface area (TPSA) is 75.1 Å². The highest BCUT2D eigenvalue weighted by molar-refractivity contribution is 5.73. The predicted molar refractivity (Wildman–Crippen MR) is 83.9 cm³/mol. The number of ether oxygens (including phenoxy) is 1. The maximum atomic E-state index is 12.2. The average molecular weight is 295 g/mol. The van der Waals surface area contributed by atoms with Crippen LogP contribution >= 0.6 is 0 Å². The zero-order chi connectivity index (χ0) is 15.6. The summed E-state index contributed by atoms with van der Waals surface area (Å²) >= 11 is 0. The third-order valence-electron chi connectivity index (χ3n) is 3.25. The molecule has 112 valence electrons. The van der Waals surface area contributed by atoms with Gasteiger partial charge in [0.1, 0.15) is 6.61 Å². The second-order valence-electron chi connectivity index (χ2n) is 4.89. The third-order valence-corrected chi connectivity index (χ3v) is 3.25. The summed E-state index contributed by atoms with van der Waals surface area (Å²) in [4.78, 5) is 15.0. The first-order valence-corrected chi connectivity index (χ1v) is 7.05. The molecule has 2 rings (SSSR count). The van der Waals surface area contributed by atoms with Crippen LogP contribution in [0.2, 0.25) is 0 Å². The summed E-state index contributed by atoms with van der Waals surface area (Å²) in [5, 5.41) is 3.52. The van der Waals surface area contributed by atoms with Gasteiger partial charge in [-0.1, -0.05) is 65.8 Å². The van der Waals surface area contributed by atoms with Crippen LogP contribution in [0.15, 0.2) is 65.8 Å². The fourth-order valence-corrected chi connectivity index (χ4v) is 2.10. The molecular formula is C17H17N3O2. The second kappa shape index (κ2) is 8.49. The minimum Gasteiger partial charge on any atom is -0.461 e. The second-order valence-corrected chi connectivity index (χ2v) is 4.89. The van der Waals surface area contributed by atoms with Gasteiger partial charge in [0.05, 0.1) is 5.92 Å². The molecule has 0 radical (unpaired) electrons. The van der Waals surface area contributed by atoms with E-state index in [2.05, 4.69) is 10.0 Å². The first kappa shape index (κ1) is 15.6. The SMILES string of the molecule is [N-]=[N+]=NC[C@@H](Cc1ccccc1)C(=O)OCc1ccccc1. The molecule has 0 aromatic heterocycles. The molecule has 5 nitrogen and oxygen atoms in total. The van der Waals surface area contributed by atoms with E-state index in [9.17, 15) is 4.79 Å². The van der Waals surface area contributed by atoms with Crippen LogP contribution in [0.5, 0.6) is 0 Å². The Morgan fingerprint density at radius 3 is 2.23 bits per heavy atom. The molecule has 0 saturated heterocycles. The maximum absolute atomic E-state index is 12.2. The van der Waals surface area contributed by atoms with Gasteiger partial charge >= 0.3 is 5.97 Å². The van der Waals surface area contributed by atoms with Crippen molar-refractivity contribution in [2.45, 2.75) is 13.0 Å². The minimum atomic E-state index is -0.470. The van der Waals surface area contributed by atoms with Gasteiger partial charge in [0.15, 0.2) is 0 Å². The van der Waals surface area contributed by atoms with Crippen molar-refractivity contribution >= 4 is 5.97 Å². The Bertz CT molecular complexity index is 637. The van der Waals surface area contributed by atoms with Crippen molar-refractivity contribution in [3.63, 3.8) is 0 Å². The highest BCUT2D eigenvalue weighted by Gasteiger charge is 2.20. The predicted octanol–water partition coefficient (Wildman–Crippen LogP) is 3.90. The standard InChI is InChI=1S/C17H17N3O2/c18-20-19-12-16(11-14-7-3-1-4-8-14)17(21)22-13-15-9-5-2-6-10-15/h1-10,16H,11-13H2/t16-/m1/s1. The fourth-order valence-electron chi connectivity index (χ4n) is 2.10. The lowest BCUT2D eigenvalue weighted by atomic mass is 9.99. The van der Waals surface area contributed by atoms with Gasteiger partial charge < -0.3 is 4.74 Å². The number of nitrogens with zero attached hydrogens (tertiary/aromatic N) is 3. The molecule has 0 unspecified atom stereocenters. The van der Waals surface area contributed by atoms with Crippen LogP contribution in [0.25, 0.3) is 10.4 Å². The van der Waals surface area contributed by atoms with Crippen LogP contribution in [0, 0.1) is 5.92 Å². The van der Waals surface area contributed by atoms with Crippen molar-refractivity contribution in [2.24, 2.45) is 11.0 Å². The molecule has 0 saturated carbocycles. The van der Waals surface area contributed by atoms with Crippen LogP contribution < -0.4 is 0 Å². The fraction of sp³-hybridized carbons (Fsp3) is 0.235. The minimum absolute atomic E-state index is 0.0962. The largest absolute Gasteiger partial charge is 0.461 e. The molecule has 0 fully saturated rings. The van der Waals surface area contributed by atoms with E-state index in [0.29, 0.717) is 6.42 Å². The van der Waals surface area contributed by atoms with Gasteiger partial charge in [0.2, 0.25) is 0 Å². The van der Waals surface area contributed by atoms with E-state index in [1.165, 1.54) is 0 Å². The maximum Gasteiger partial charge on any atom is 0.309 e. The van der Waals surface area contributed by atoms with Gasteiger partial charge in [-0.15, -0.1) is 0 Å². The van der Waals surface area contributed by atoms with Crippen LogP contribution in [-0.2, 0) is 22.6 Å². The Labute approximate surface area is 129 Å². The lowest BCUT2D eigenvalue weighted by Gasteiger charge is -2.14. The summed E-state index contributed by atoms with van der Waals surface area (Å²) < 4.78 is 5.34. The summed E-state index contributed by atoms with van der Waals surface area (Å²) in [7, 11) is 0. The zero-order valence-electron chi connectivity index (χ0n) is 12.1. The van der Waals surface area contributed by atoms with Gasteiger partial charge in [-0.25, -0.2) is 0 Å². The summed E-state index contributed by atoms with van der Waals surface area (Å²) in [6, 6.07) is 19.1. The van der Waals surface area contributed by atoms with Crippen molar-refractivity contribution in [3.05, 3.63) is 82.2 Å². The van der Waals surface area contributed by atoms with Gasteiger partial charge in [0, 0.05) is 11.5 Å². The number of azide groups is 1. The highest BCUT2D eigenvalue weighted by Crippen LogP contribution is 2.13. The summed E-state index contributed by atoms with van der Waals surface area (Å²) in [6.07, 6.45) is 0.494. The Kier molecular flexibility index (Phi) is 6.03. The summed E-state index contributed by atoms with van der Waals surface area (Å²) in [5.74, 6) is -0.817. The van der Waals surface area contributed by atoms with Crippen molar-refractivity contribution in [3.8, 4) is 0 Å². The zero-order valence-corrected chi connectivity index (χ0v) is 12.1. The van der Waals surface area contributed by atoms with Crippen molar-refractivity contribution < 1.29 is 9.53 Å². The van der Waals surface area contributed by atoms with Crippen molar-refractivity contribution in [2.75, 3.05) is 6.54 Å². The van der Waals surface area contributed by atoms with E-state index < -0.39 is 5.92 Å². The molecule has 0 aliphatic heterocycles.